The topological polar surface area (TPSA) is 61.9 Å². The molecule has 2 rings (SSSR count). The Morgan fingerprint density at radius 2 is 2.05 bits per heavy atom. The second-order valence-corrected chi connectivity index (χ2v) is 5.15. The lowest BCUT2D eigenvalue weighted by molar-refractivity contribution is -0.151. The molecule has 2 heterocycles. The zero-order valence-electron chi connectivity index (χ0n) is 11.6. The third-order valence-electron chi connectivity index (χ3n) is 3.84. The molecule has 1 atom stereocenters. The standard InChI is InChI=1S/C13H23N3O3/c1-19-13(18)11-4-2-8-16(11)12(17)10-15-7-3-5-14-6-9-15/h11,14H,2-10H2,1H3. The Morgan fingerprint density at radius 1 is 1.21 bits per heavy atom. The lowest BCUT2D eigenvalue weighted by atomic mass is 10.2. The zero-order chi connectivity index (χ0) is 13.7. The highest BCUT2D eigenvalue weighted by molar-refractivity contribution is 5.86. The molecular formula is C13H23N3O3. The molecule has 6 heteroatoms. The van der Waals surface area contributed by atoms with Crippen LogP contribution in [0.5, 0.6) is 0 Å². The molecular weight excluding hydrogens is 246 g/mol. The summed E-state index contributed by atoms with van der Waals surface area (Å²) in [5.74, 6) is -0.238. The minimum atomic E-state index is -0.373. The highest BCUT2D eigenvalue weighted by Crippen LogP contribution is 2.18. The summed E-state index contributed by atoms with van der Waals surface area (Å²) in [5.41, 5.74) is 0. The largest absolute Gasteiger partial charge is 0.467 e. The van der Waals surface area contributed by atoms with Crippen molar-refractivity contribution in [2.24, 2.45) is 0 Å². The fraction of sp³-hybridized carbons (Fsp3) is 0.846. The van der Waals surface area contributed by atoms with Crippen molar-refractivity contribution in [1.82, 2.24) is 15.1 Å². The molecule has 0 saturated carbocycles. The van der Waals surface area contributed by atoms with Gasteiger partial charge in [-0.25, -0.2) is 4.79 Å². The van der Waals surface area contributed by atoms with Gasteiger partial charge in [-0.15, -0.1) is 0 Å². The molecule has 0 aromatic rings. The van der Waals surface area contributed by atoms with Gasteiger partial charge in [0.2, 0.25) is 5.91 Å². The van der Waals surface area contributed by atoms with Crippen LogP contribution in [0, 0.1) is 0 Å². The van der Waals surface area contributed by atoms with Gasteiger partial charge in [-0.3, -0.25) is 9.69 Å². The number of likely N-dealkylation sites (tertiary alicyclic amines) is 1. The van der Waals surface area contributed by atoms with E-state index in [1.165, 1.54) is 7.11 Å². The van der Waals surface area contributed by atoms with Crippen molar-refractivity contribution < 1.29 is 14.3 Å². The lowest BCUT2D eigenvalue weighted by Crippen LogP contribution is -2.46. The molecule has 0 aromatic carbocycles. The van der Waals surface area contributed by atoms with Crippen LogP contribution in [0.25, 0.3) is 0 Å². The number of nitrogens with zero attached hydrogens (tertiary/aromatic N) is 2. The van der Waals surface area contributed by atoms with Crippen LogP contribution >= 0.6 is 0 Å². The summed E-state index contributed by atoms with van der Waals surface area (Å²) in [5, 5.41) is 3.32. The Labute approximate surface area is 114 Å². The van der Waals surface area contributed by atoms with Crippen LogP contribution in [0.15, 0.2) is 0 Å². The summed E-state index contributed by atoms with van der Waals surface area (Å²) < 4.78 is 4.77. The van der Waals surface area contributed by atoms with Crippen LogP contribution < -0.4 is 5.32 Å². The van der Waals surface area contributed by atoms with Crippen LogP contribution in [-0.2, 0) is 14.3 Å². The van der Waals surface area contributed by atoms with Gasteiger partial charge in [0.15, 0.2) is 0 Å². The summed E-state index contributed by atoms with van der Waals surface area (Å²) >= 11 is 0. The Kier molecular flexibility index (Phi) is 5.15. The molecule has 0 aromatic heterocycles. The number of carbonyl (C=O) groups is 2. The zero-order valence-corrected chi connectivity index (χ0v) is 11.6. The molecule has 2 fully saturated rings. The third-order valence-corrected chi connectivity index (χ3v) is 3.84. The monoisotopic (exact) mass is 269 g/mol. The second-order valence-electron chi connectivity index (χ2n) is 5.15. The third kappa shape index (κ3) is 3.67. The van der Waals surface area contributed by atoms with Crippen molar-refractivity contribution in [1.29, 1.82) is 0 Å². The predicted molar refractivity (Wildman–Crippen MR) is 70.7 cm³/mol. The van der Waals surface area contributed by atoms with Gasteiger partial charge in [-0.2, -0.15) is 0 Å². The quantitative estimate of drug-likeness (QED) is 0.696. The number of ether oxygens (including phenoxy) is 1. The molecule has 2 aliphatic rings. The molecule has 1 N–H and O–H groups in total. The van der Waals surface area contributed by atoms with Crippen LogP contribution in [0.3, 0.4) is 0 Å². The molecule has 0 bridgehead atoms. The molecule has 1 unspecified atom stereocenters. The maximum atomic E-state index is 12.3. The molecule has 2 aliphatic heterocycles. The highest BCUT2D eigenvalue weighted by atomic mass is 16.5. The van der Waals surface area contributed by atoms with E-state index in [2.05, 4.69) is 10.2 Å². The smallest absolute Gasteiger partial charge is 0.328 e. The van der Waals surface area contributed by atoms with Gasteiger partial charge >= 0.3 is 5.97 Å². The summed E-state index contributed by atoms with van der Waals surface area (Å²) in [6, 6.07) is -0.373. The van der Waals surface area contributed by atoms with E-state index in [1.807, 2.05) is 0 Å². The number of hydrogen-bond acceptors (Lipinski definition) is 5. The summed E-state index contributed by atoms with van der Waals surface area (Å²) in [6.45, 7) is 4.85. The van der Waals surface area contributed by atoms with Crippen LogP contribution in [0.2, 0.25) is 0 Å². The number of hydrogen-bond donors (Lipinski definition) is 1. The molecule has 0 spiro atoms. The molecule has 0 aliphatic carbocycles. The number of esters is 1. The lowest BCUT2D eigenvalue weighted by Gasteiger charge is -2.26. The Hall–Kier alpha value is -1.14. The Balaban J connectivity index is 1.89. The fourth-order valence-corrected chi connectivity index (χ4v) is 2.79. The van der Waals surface area contributed by atoms with Crippen molar-refractivity contribution in [3.8, 4) is 0 Å². The summed E-state index contributed by atoms with van der Waals surface area (Å²) in [7, 11) is 1.38. The van der Waals surface area contributed by atoms with Gasteiger partial charge in [0.05, 0.1) is 13.7 Å². The first kappa shape index (κ1) is 14.3. The molecule has 2 saturated heterocycles. The molecule has 19 heavy (non-hydrogen) atoms. The fourth-order valence-electron chi connectivity index (χ4n) is 2.79. The van der Waals surface area contributed by atoms with Crippen molar-refractivity contribution in [2.75, 3.05) is 46.4 Å². The first-order chi connectivity index (χ1) is 9.22. The van der Waals surface area contributed by atoms with E-state index >= 15 is 0 Å². The molecule has 6 nitrogen and oxygen atoms in total. The number of rotatable bonds is 3. The number of amides is 1. The minimum Gasteiger partial charge on any atom is -0.467 e. The van der Waals surface area contributed by atoms with E-state index in [1.54, 1.807) is 4.90 Å². The van der Waals surface area contributed by atoms with Crippen molar-refractivity contribution >= 4 is 11.9 Å². The van der Waals surface area contributed by atoms with E-state index in [0.717, 1.165) is 45.4 Å². The van der Waals surface area contributed by atoms with Crippen LogP contribution in [0.4, 0.5) is 0 Å². The minimum absolute atomic E-state index is 0.0507. The van der Waals surface area contributed by atoms with Crippen LogP contribution in [-0.4, -0.2) is 74.1 Å². The number of methoxy groups -OCH3 is 1. The summed E-state index contributed by atoms with van der Waals surface area (Å²) in [6.07, 6.45) is 2.67. The molecule has 1 amide bonds. The average molecular weight is 269 g/mol. The second kappa shape index (κ2) is 6.86. The van der Waals surface area contributed by atoms with Gasteiger partial charge in [0, 0.05) is 19.6 Å². The van der Waals surface area contributed by atoms with Crippen molar-refractivity contribution in [3.05, 3.63) is 0 Å². The normalized spacial score (nSPS) is 25.1. The first-order valence-corrected chi connectivity index (χ1v) is 7.02. The average Bonchev–Trinajstić information content (AvgIpc) is 2.77. The predicted octanol–water partition coefficient (Wildman–Crippen LogP) is -0.554. The van der Waals surface area contributed by atoms with E-state index in [9.17, 15) is 9.59 Å². The van der Waals surface area contributed by atoms with E-state index in [0.29, 0.717) is 13.1 Å². The van der Waals surface area contributed by atoms with Gasteiger partial charge in [-0.1, -0.05) is 0 Å². The SMILES string of the molecule is COC(=O)C1CCCN1C(=O)CN1CCCNCC1. The van der Waals surface area contributed by atoms with Crippen LogP contribution in [0.1, 0.15) is 19.3 Å². The number of carbonyl (C=O) groups excluding carboxylic acids is 2. The molecule has 0 radical (unpaired) electrons. The Morgan fingerprint density at radius 3 is 2.84 bits per heavy atom. The van der Waals surface area contributed by atoms with Gasteiger partial charge in [0.1, 0.15) is 6.04 Å². The maximum absolute atomic E-state index is 12.3. The first-order valence-electron chi connectivity index (χ1n) is 7.02. The van der Waals surface area contributed by atoms with Gasteiger partial charge in [-0.05, 0) is 32.4 Å². The maximum Gasteiger partial charge on any atom is 0.328 e. The highest BCUT2D eigenvalue weighted by Gasteiger charge is 2.35. The molecule has 108 valence electrons. The number of nitrogens with one attached hydrogen (secondary N) is 1. The van der Waals surface area contributed by atoms with E-state index in [4.69, 9.17) is 4.74 Å². The Bertz CT molecular complexity index is 327. The van der Waals surface area contributed by atoms with E-state index < -0.39 is 0 Å². The summed E-state index contributed by atoms with van der Waals surface area (Å²) in [4.78, 5) is 27.8. The van der Waals surface area contributed by atoms with Gasteiger partial charge < -0.3 is 15.0 Å². The van der Waals surface area contributed by atoms with E-state index in [-0.39, 0.29) is 17.9 Å². The van der Waals surface area contributed by atoms with Gasteiger partial charge in [0.25, 0.3) is 0 Å². The van der Waals surface area contributed by atoms with Crippen molar-refractivity contribution in [2.45, 2.75) is 25.3 Å². The van der Waals surface area contributed by atoms with Crippen molar-refractivity contribution in [3.63, 3.8) is 0 Å².